The second-order valence-electron chi connectivity index (χ2n) is 5.10. The van der Waals surface area contributed by atoms with Gasteiger partial charge in [0.15, 0.2) is 5.96 Å². The van der Waals surface area contributed by atoms with E-state index in [9.17, 15) is 0 Å². The molecule has 17 heavy (non-hydrogen) atoms. The molecule has 1 unspecified atom stereocenters. The van der Waals surface area contributed by atoms with Crippen LogP contribution in [-0.4, -0.2) is 23.4 Å². The summed E-state index contributed by atoms with van der Waals surface area (Å²) in [4.78, 5) is 6.60. The molecule has 1 aromatic rings. The number of nitrogens with zero attached hydrogens (tertiary/aromatic N) is 2. The molecule has 2 N–H and O–H groups in total. The van der Waals surface area contributed by atoms with Crippen molar-refractivity contribution in [1.82, 2.24) is 4.90 Å². The molecule has 0 radical (unpaired) electrons. The van der Waals surface area contributed by atoms with Crippen LogP contribution >= 0.6 is 0 Å². The molecule has 1 atom stereocenters. The maximum atomic E-state index is 5.97. The highest BCUT2D eigenvalue weighted by molar-refractivity contribution is 5.80. The molecule has 0 saturated heterocycles. The van der Waals surface area contributed by atoms with Gasteiger partial charge in [-0.05, 0) is 17.9 Å². The largest absolute Gasteiger partial charge is 0.370 e. The zero-order valence-corrected chi connectivity index (χ0v) is 10.6. The molecule has 0 amide bonds. The van der Waals surface area contributed by atoms with E-state index >= 15 is 0 Å². The zero-order chi connectivity index (χ0) is 12.3. The minimum atomic E-state index is 0.468. The van der Waals surface area contributed by atoms with E-state index in [0.29, 0.717) is 17.9 Å². The summed E-state index contributed by atoms with van der Waals surface area (Å²) in [6, 6.07) is 10.9. The van der Waals surface area contributed by atoms with Gasteiger partial charge >= 0.3 is 0 Å². The highest BCUT2D eigenvalue weighted by Gasteiger charge is 2.26. The average Bonchev–Trinajstić information content (AvgIpc) is 2.62. The molecule has 1 aromatic carbocycles. The van der Waals surface area contributed by atoms with Gasteiger partial charge in [0.2, 0.25) is 0 Å². The summed E-state index contributed by atoms with van der Waals surface area (Å²) in [5.74, 6) is 1.37. The maximum Gasteiger partial charge on any atom is 0.191 e. The summed E-state index contributed by atoms with van der Waals surface area (Å²) in [6.45, 7) is 6.20. The molecule has 0 aromatic heterocycles. The zero-order valence-electron chi connectivity index (χ0n) is 10.6. The lowest BCUT2D eigenvalue weighted by atomic mass is 10.0. The van der Waals surface area contributed by atoms with Gasteiger partial charge in [-0.1, -0.05) is 44.2 Å². The lowest BCUT2D eigenvalue weighted by molar-refractivity contribution is 0.290. The fraction of sp³-hybridized carbons (Fsp3) is 0.500. The Hall–Kier alpha value is -1.51. The highest BCUT2D eigenvalue weighted by Crippen LogP contribution is 2.19. The Labute approximate surface area is 103 Å². The number of aliphatic imine (C=N–C) groups is 1. The van der Waals surface area contributed by atoms with Crippen LogP contribution in [-0.2, 0) is 6.54 Å². The summed E-state index contributed by atoms with van der Waals surface area (Å²) in [7, 11) is 0. The molecule has 0 saturated carbocycles. The number of rotatable bonds is 4. The Bertz CT molecular complexity index is 384. The van der Waals surface area contributed by atoms with E-state index in [0.717, 1.165) is 19.5 Å². The van der Waals surface area contributed by atoms with Crippen molar-refractivity contribution in [3.8, 4) is 0 Å². The SMILES string of the molecule is CC(C)CC1CN=C(N)N1Cc1ccccc1. The van der Waals surface area contributed by atoms with Gasteiger partial charge in [-0.2, -0.15) is 0 Å². The third kappa shape index (κ3) is 2.99. The van der Waals surface area contributed by atoms with Crippen LogP contribution in [0.3, 0.4) is 0 Å². The fourth-order valence-electron chi connectivity index (χ4n) is 2.31. The van der Waals surface area contributed by atoms with Crippen LogP contribution in [0, 0.1) is 5.92 Å². The van der Waals surface area contributed by atoms with Crippen molar-refractivity contribution < 1.29 is 0 Å². The minimum Gasteiger partial charge on any atom is -0.370 e. The van der Waals surface area contributed by atoms with E-state index in [-0.39, 0.29) is 0 Å². The number of benzene rings is 1. The molecule has 0 spiro atoms. The Morgan fingerprint density at radius 1 is 1.35 bits per heavy atom. The van der Waals surface area contributed by atoms with Crippen molar-refractivity contribution in [1.29, 1.82) is 0 Å². The molecule has 0 fully saturated rings. The second kappa shape index (κ2) is 5.21. The van der Waals surface area contributed by atoms with Crippen LogP contribution in [0.4, 0.5) is 0 Å². The van der Waals surface area contributed by atoms with E-state index in [4.69, 9.17) is 5.73 Å². The second-order valence-corrected chi connectivity index (χ2v) is 5.10. The first-order valence-corrected chi connectivity index (χ1v) is 6.27. The number of hydrogen-bond donors (Lipinski definition) is 1. The summed E-state index contributed by atoms with van der Waals surface area (Å²) < 4.78 is 0. The van der Waals surface area contributed by atoms with Gasteiger partial charge in [0, 0.05) is 6.54 Å². The molecule has 92 valence electrons. The third-order valence-corrected chi connectivity index (χ3v) is 3.14. The van der Waals surface area contributed by atoms with Crippen LogP contribution in [0.5, 0.6) is 0 Å². The predicted octanol–water partition coefficient (Wildman–Crippen LogP) is 2.23. The maximum absolute atomic E-state index is 5.97. The van der Waals surface area contributed by atoms with Gasteiger partial charge in [0.1, 0.15) is 0 Å². The summed E-state index contributed by atoms with van der Waals surface area (Å²) >= 11 is 0. The van der Waals surface area contributed by atoms with E-state index in [1.54, 1.807) is 0 Å². The van der Waals surface area contributed by atoms with E-state index in [2.05, 4.69) is 48.0 Å². The minimum absolute atomic E-state index is 0.468. The first-order valence-electron chi connectivity index (χ1n) is 6.27. The Morgan fingerprint density at radius 3 is 2.71 bits per heavy atom. The summed E-state index contributed by atoms with van der Waals surface area (Å²) in [5.41, 5.74) is 7.26. The van der Waals surface area contributed by atoms with Crippen LogP contribution in [0.2, 0.25) is 0 Å². The predicted molar refractivity (Wildman–Crippen MR) is 71.7 cm³/mol. The molecule has 1 heterocycles. The van der Waals surface area contributed by atoms with Crippen LogP contribution in [0.1, 0.15) is 25.8 Å². The molecule has 0 bridgehead atoms. The van der Waals surface area contributed by atoms with Gasteiger partial charge < -0.3 is 10.6 Å². The molecular formula is C14H21N3. The molecular weight excluding hydrogens is 210 g/mol. The van der Waals surface area contributed by atoms with Gasteiger partial charge in [-0.25, -0.2) is 0 Å². The number of guanidine groups is 1. The van der Waals surface area contributed by atoms with Gasteiger partial charge in [-0.15, -0.1) is 0 Å². The first-order chi connectivity index (χ1) is 8.16. The summed E-state index contributed by atoms with van der Waals surface area (Å²) in [6.07, 6.45) is 1.15. The lowest BCUT2D eigenvalue weighted by Gasteiger charge is -2.27. The quantitative estimate of drug-likeness (QED) is 0.863. The standard InChI is InChI=1S/C14H21N3/c1-11(2)8-13-9-16-14(15)17(13)10-12-6-4-3-5-7-12/h3-7,11,13H,8-10H2,1-2H3,(H2,15,16). The van der Waals surface area contributed by atoms with Crippen molar-refractivity contribution in [2.45, 2.75) is 32.9 Å². The average molecular weight is 231 g/mol. The Morgan fingerprint density at radius 2 is 2.06 bits per heavy atom. The van der Waals surface area contributed by atoms with Crippen molar-refractivity contribution in [2.24, 2.45) is 16.6 Å². The summed E-state index contributed by atoms with van der Waals surface area (Å²) in [5, 5.41) is 0. The monoisotopic (exact) mass is 231 g/mol. The van der Waals surface area contributed by atoms with Crippen molar-refractivity contribution >= 4 is 5.96 Å². The molecule has 0 aliphatic carbocycles. The first kappa shape index (κ1) is 12.0. The normalized spacial score (nSPS) is 19.8. The van der Waals surface area contributed by atoms with Crippen LogP contribution < -0.4 is 5.73 Å². The third-order valence-electron chi connectivity index (χ3n) is 3.14. The van der Waals surface area contributed by atoms with Crippen molar-refractivity contribution in [3.63, 3.8) is 0 Å². The molecule has 1 aliphatic rings. The fourth-order valence-corrected chi connectivity index (χ4v) is 2.31. The van der Waals surface area contributed by atoms with Gasteiger partial charge in [-0.3, -0.25) is 4.99 Å². The molecule has 3 nitrogen and oxygen atoms in total. The van der Waals surface area contributed by atoms with E-state index in [1.165, 1.54) is 5.56 Å². The smallest absolute Gasteiger partial charge is 0.191 e. The van der Waals surface area contributed by atoms with Crippen molar-refractivity contribution in [3.05, 3.63) is 35.9 Å². The topological polar surface area (TPSA) is 41.6 Å². The van der Waals surface area contributed by atoms with E-state index in [1.807, 2.05) is 6.07 Å². The number of hydrogen-bond acceptors (Lipinski definition) is 3. The van der Waals surface area contributed by atoms with Crippen LogP contribution in [0.15, 0.2) is 35.3 Å². The number of nitrogens with two attached hydrogens (primary N) is 1. The lowest BCUT2D eigenvalue weighted by Crippen LogP contribution is -2.40. The van der Waals surface area contributed by atoms with Gasteiger partial charge in [0.25, 0.3) is 0 Å². The Kier molecular flexibility index (Phi) is 3.67. The molecule has 1 aliphatic heterocycles. The van der Waals surface area contributed by atoms with E-state index < -0.39 is 0 Å². The molecule has 3 heteroatoms. The van der Waals surface area contributed by atoms with Gasteiger partial charge in [0.05, 0.1) is 12.6 Å². The highest BCUT2D eigenvalue weighted by atomic mass is 15.3. The molecule has 2 rings (SSSR count). The van der Waals surface area contributed by atoms with Crippen LogP contribution in [0.25, 0.3) is 0 Å². The Balaban J connectivity index is 2.04. The van der Waals surface area contributed by atoms with Crippen molar-refractivity contribution in [2.75, 3.05) is 6.54 Å².